The third kappa shape index (κ3) is 4.20. The van der Waals surface area contributed by atoms with E-state index in [2.05, 4.69) is 20.2 Å². The number of rotatable bonds is 7. The number of nitro groups is 1. The quantitative estimate of drug-likeness (QED) is 0.247. The van der Waals surface area contributed by atoms with Gasteiger partial charge in [-0.15, -0.1) is 0 Å². The Hall–Kier alpha value is -4.04. The molecule has 2 aromatic carbocycles. The van der Waals surface area contributed by atoms with Gasteiger partial charge in [0, 0.05) is 47.9 Å². The average molecular weight is 441 g/mol. The van der Waals surface area contributed by atoms with Crippen LogP contribution in [-0.4, -0.2) is 44.7 Å². The zero-order valence-corrected chi connectivity index (χ0v) is 17.8. The summed E-state index contributed by atoms with van der Waals surface area (Å²) in [6.07, 6.45) is 3.89. The van der Waals surface area contributed by atoms with Gasteiger partial charge in [0.1, 0.15) is 12.0 Å². The standard InChI is InChI=1S/C25H23N5O3/c31-25(21-15-26-22-9-5-4-8-20(21)22)24(17-6-2-1-3-7-17)29-13-12-18(16-29)28-23-11-10-19(14-27-23)30(32)33/h1-11,14-15,18,24,26H,12-13,16H2,(H,27,28). The molecule has 2 atom stereocenters. The summed E-state index contributed by atoms with van der Waals surface area (Å²) in [5.74, 6) is 0.652. The van der Waals surface area contributed by atoms with Gasteiger partial charge in [-0.2, -0.15) is 0 Å². The first kappa shape index (κ1) is 20.8. The van der Waals surface area contributed by atoms with Gasteiger partial charge in [0.15, 0.2) is 5.78 Å². The highest BCUT2D eigenvalue weighted by Gasteiger charge is 2.35. The molecule has 8 nitrogen and oxygen atoms in total. The van der Waals surface area contributed by atoms with Crippen LogP contribution in [-0.2, 0) is 0 Å². The molecule has 166 valence electrons. The molecular weight excluding hydrogens is 418 g/mol. The van der Waals surface area contributed by atoms with Crippen LogP contribution in [0, 0.1) is 10.1 Å². The third-order valence-electron chi connectivity index (χ3n) is 6.11. The summed E-state index contributed by atoms with van der Waals surface area (Å²) in [6.45, 7) is 1.41. The summed E-state index contributed by atoms with van der Waals surface area (Å²) in [7, 11) is 0. The van der Waals surface area contributed by atoms with Crippen LogP contribution >= 0.6 is 0 Å². The Morgan fingerprint density at radius 3 is 2.67 bits per heavy atom. The number of benzene rings is 2. The Balaban J connectivity index is 1.39. The monoisotopic (exact) mass is 441 g/mol. The number of pyridine rings is 1. The second kappa shape index (κ2) is 8.84. The van der Waals surface area contributed by atoms with Gasteiger partial charge in [-0.05, 0) is 24.1 Å². The summed E-state index contributed by atoms with van der Waals surface area (Å²) in [6, 6.07) is 20.4. The second-order valence-corrected chi connectivity index (χ2v) is 8.21. The van der Waals surface area contributed by atoms with Crippen molar-refractivity contribution in [3.63, 3.8) is 0 Å². The normalized spacial score (nSPS) is 17.2. The lowest BCUT2D eigenvalue weighted by molar-refractivity contribution is -0.385. The number of H-pyrrole nitrogens is 1. The zero-order chi connectivity index (χ0) is 22.8. The van der Waals surface area contributed by atoms with Crippen molar-refractivity contribution in [1.82, 2.24) is 14.9 Å². The van der Waals surface area contributed by atoms with Crippen molar-refractivity contribution in [2.75, 3.05) is 18.4 Å². The number of Topliss-reactive ketones (excluding diaryl/α,β-unsaturated/α-hetero) is 1. The minimum atomic E-state index is -0.463. The molecule has 0 amide bonds. The van der Waals surface area contributed by atoms with E-state index in [0.717, 1.165) is 29.4 Å². The Labute approximate surface area is 190 Å². The number of likely N-dealkylation sites (tertiary alicyclic amines) is 1. The smallest absolute Gasteiger partial charge is 0.287 e. The first-order valence-electron chi connectivity index (χ1n) is 10.9. The second-order valence-electron chi connectivity index (χ2n) is 8.21. The fourth-order valence-electron chi connectivity index (χ4n) is 4.51. The minimum Gasteiger partial charge on any atom is -0.366 e. The molecule has 1 aliphatic rings. The molecule has 3 heterocycles. The fraction of sp³-hybridized carbons (Fsp3) is 0.200. The van der Waals surface area contributed by atoms with Gasteiger partial charge >= 0.3 is 0 Å². The maximum Gasteiger partial charge on any atom is 0.287 e. The number of aromatic amines is 1. The molecule has 0 bridgehead atoms. The Kier molecular flexibility index (Phi) is 5.58. The third-order valence-corrected chi connectivity index (χ3v) is 6.11. The van der Waals surface area contributed by atoms with Crippen molar-refractivity contribution in [3.05, 3.63) is 100 Å². The lowest BCUT2D eigenvalue weighted by Gasteiger charge is -2.27. The van der Waals surface area contributed by atoms with Gasteiger partial charge in [0.05, 0.1) is 11.0 Å². The Morgan fingerprint density at radius 2 is 1.91 bits per heavy atom. The summed E-state index contributed by atoms with van der Waals surface area (Å²) in [5, 5.41) is 15.1. The molecule has 4 aromatic rings. The average Bonchev–Trinajstić information content (AvgIpc) is 3.47. The first-order valence-corrected chi connectivity index (χ1v) is 10.9. The van der Waals surface area contributed by atoms with E-state index in [9.17, 15) is 14.9 Å². The number of hydrogen-bond donors (Lipinski definition) is 2. The number of hydrogen-bond acceptors (Lipinski definition) is 6. The van der Waals surface area contributed by atoms with E-state index in [1.54, 1.807) is 12.3 Å². The van der Waals surface area contributed by atoms with Gasteiger partial charge in [-0.25, -0.2) is 4.98 Å². The Morgan fingerprint density at radius 1 is 1.12 bits per heavy atom. The van der Waals surface area contributed by atoms with Crippen molar-refractivity contribution in [1.29, 1.82) is 0 Å². The number of aromatic nitrogens is 2. The fourth-order valence-corrected chi connectivity index (χ4v) is 4.51. The Bertz CT molecular complexity index is 1290. The van der Waals surface area contributed by atoms with E-state index in [0.29, 0.717) is 17.9 Å². The van der Waals surface area contributed by atoms with Gasteiger partial charge in [-0.3, -0.25) is 19.8 Å². The molecule has 1 saturated heterocycles. The number of para-hydroxylation sites is 1. The van der Waals surface area contributed by atoms with Crippen LogP contribution in [0.5, 0.6) is 0 Å². The van der Waals surface area contributed by atoms with E-state index < -0.39 is 11.0 Å². The highest BCUT2D eigenvalue weighted by molar-refractivity contribution is 6.10. The summed E-state index contributed by atoms with van der Waals surface area (Å²) < 4.78 is 0. The van der Waals surface area contributed by atoms with Crippen molar-refractivity contribution < 1.29 is 9.72 Å². The molecular formula is C25H23N5O3. The van der Waals surface area contributed by atoms with Crippen molar-refractivity contribution >= 4 is 28.2 Å². The highest BCUT2D eigenvalue weighted by atomic mass is 16.6. The number of nitrogens with zero attached hydrogens (tertiary/aromatic N) is 3. The van der Waals surface area contributed by atoms with Crippen LogP contribution in [0.4, 0.5) is 11.5 Å². The molecule has 0 saturated carbocycles. The van der Waals surface area contributed by atoms with Crippen molar-refractivity contribution in [2.45, 2.75) is 18.5 Å². The largest absolute Gasteiger partial charge is 0.366 e. The number of nitrogens with one attached hydrogen (secondary N) is 2. The summed E-state index contributed by atoms with van der Waals surface area (Å²) in [4.78, 5) is 33.8. The predicted molar refractivity (Wildman–Crippen MR) is 126 cm³/mol. The minimum absolute atomic E-state index is 0.0398. The van der Waals surface area contributed by atoms with E-state index in [-0.39, 0.29) is 17.5 Å². The number of carbonyl (C=O) groups excluding carboxylic acids is 1. The van der Waals surface area contributed by atoms with Crippen LogP contribution in [0.15, 0.2) is 79.1 Å². The van der Waals surface area contributed by atoms with Crippen LogP contribution in [0.25, 0.3) is 10.9 Å². The van der Waals surface area contributed by atoms with E-state index in [4.69, 9.17) is 0 Å². The van der Waals surface area contributed by atoms with Crippen molar-refractivity contribution in [3.8, 4) is 0 Å². The van der Waals surface area contributed by atoms with Gasteiger partial charge in [-0.1, -0.05) is 48.5 Å². The molecule has 2 aromatic heterocycles. The maximum absolute atomic E-state index is 13.8. The lowest BCUT2D eigenvalue weighted by atomic mass is 9.96. The molecule has 0 aliphatic carbocycles. The highest BCUT2D eigenvalue weighted by Crippen LogP contribution is 2.32. The van der Waals surface area contributed by atoms with E-state index in [1.807, 2.05) is 54.6 Å². The molecule has 2 unspecified atom stereocenters. The number of fused-ring (bicyclic) bond motifs is 1. The van der Waals surface area contributed by atoms with Crippen LogP contribution in [0.1, 0.15) is 28.4 Å². The van der Waals surface area contributed by atoms with Crippen LogP contribution in [0.2, 0.25) is 0 Å². The van der Waals surface area contributed by atoms with E-state index in [1.165, 1.54) is 12.3 Å². The lowest BCUT2D eigenvalue weighted by Crippen LogP contribution is -2.34. The summed E-state index contributed by atoms with van der Waals surface area (Å²) >= 11 is 0. The topological polar surface area (TPSA) is 104 Å². The summed E-state index contributed by atoms with van der Waals surface area (Å²) in [5.41, 5.74) is 2.55. The molecule has 1 aliphatic heterocycles. The van der Waals surface area contributed by atoms with Crippen molar-refractivity contribution in [2.24, 2.45) is 0 Å². The maximum atomic E-state index is 13.8. The number of anilines is 1. The van der Waals surface area contributed by atoms with E-state index >= 15 is 0 Å². The number of carbonyl (C=O) groups is 1. The molecule has 0 spiro atoms. The molecule has 5 rings (SSSR count). The molecule has 33 heavy (non-hydrogen) atoms. The molecule has 2 N–H and O–H groups in total. The van der Waals surface area contributed by atoms with Gasteiger partial charge in [0.25, 0.3) is 5.69 Å². The molecule has 8 heteroatoms. The SMILES string of the molecule is O=C(c1c[nH]c2ccccc12)C(c1ccccc1)N1CCC(Nc2ccc([N+](=O)[O-])cn2)C1. The van der Waals surface area contributed by atoms with Gasteiger partial charge < -0.3 is 10.3 Å². The molecule has 1 fully saturated rings. The number of ketones is 1. The molecule has 0 radical (unpaired) electrons. The van der Waals surface area contributed by atoms with Crippen LogP contribution in [0.3, 0.4) is 0 Å². The van der Waals surface area contributed by atoms with Gasteiger partial charge in [0.2, 0.25) is 0 Å². The first-order chi connectivity index (χ1) is 16.1. The van der Waals surface area contributed by atoms with Crippen LogP contribution < -0.4 is 5.32 Å². The predicted octanol–water partition coefficient (Wildman–Crippen LogP) is 4.58. The zero-order valence-electron chi connectivity index (χ0n) is 17.8.